The maximum Gasteiger partial charge on any atom is 0.261 e. The predicted octanol–water partition coefficient (Wildman–Crippen LogP) is 2.96. The molecule has 3 heterocycles. The number of hydrogen-bond acceptors (Lipinski definition) is 7. The number of thiophene rings is 1. The summed E-state index contributed by atoms with van der Waals surface area (Å²) in [7, 11) is 0. The molecule has 1 saturated heterocycles. The lowest BCUT2D eigenvalue weighted by Gasteiger charge is -2.40. The number of ether oxygens (including phenoxy) is 1. The first-order chi connectivity index (χ1) is 15.0. The second kappa shape index (κ2) is 9.07. The number of amides is 2. The van der Waals surface area contributed by atoms with Crippen LogP contribution in [-0.2, 0) is 16.1 Å². The number of piperazine rings is 1. The molecule has 8 nitrogen and oxygen atoms in total. The molecule has 0 saturated carbocycles. The Kier molecular flexibility index (Phi) is 6.24. The molecule has 0 aliphatic carbocycles. The van der Waals surface area contributed by atoms with Crippen molar-refractivity contribution in [1.82, 2.24) is 19.8 Å². The molecule has 31 heavy (non-hydrogen) atoms. The van der Waals surface area contributed by atoms with E-state index in [0.29, 0.717) is 42.0 Å². The smallest absolute Gasteiger partial charge is 0.261 e. The normalized spacial score (nSPS) is 16.7. The van der Waals surface area contributed by atoms with Crippen LogP contribution < -0.4 is 10.5 Å². The van der Waals surface area contributed by atoms with Gasteiger partial charge in [-0.05, 0) is 24.1 Å². The zero-order valence-corrected chi connectivity index (χ0v) is 18.5. The first-order valence-corrected chi connectivity index (χ1v) is 11.2. The summed E-state index contributed by atoms with van der Waals surface area (Å²) >= 11 is 7.21. The number of carbonyl (C=O) groups excluding carboxylic acids is 2. The van der Waals surface area contributed by atoms with E-state index in [2.05, 4.69) is 9.97 Å². The van der Waals surface area contributed by atoms with Gasteiger partial charge in [-0.25, -0.2) is 9.97 Å². The molecule has 10 heteroatoms. The van der Waals surface area contributed by atoms with Crippen LogP contribution in [0.2, 0.25) is 5.02 Å². The maximum absolute atomic E-state index is 13.1. The Balaban J connectivity index is 1.42. The van der Waals surface area contributed by atoms with Gasteiger partial charge in [0.2, 0.25) is 5.91 Å². The van der Waals surface area contributed by atoms with Crippen molar-refractivity contribution in [2.45, 2.75) is 25.9 Å². The van der Waals surface area contributed by atoms with Crippen LogP contribution in [0, 0.1) is 0 Å². The summed E-state index contributed by atoms with van der Waals surface area (Å²) in [6.45, 7) is 3.14. The highest BCUT2D eigenvalue weighted by Gasteiger charge is 2.36. The summed E-state index contributed by atoms with van der Waals surface area (Å²) < 4.78 is 5.54. The fourth-order valence-corrected chi connectivity index (χ4v) is 4.63. The molecule has 1 aliphatic heterocycles. The van der Waals surface area contributed by atoms with Gasteiger partial charge in [0, 0.05) is 36.5 Å². The number of carbonyl (C=O) groups is 2. The van der Waals surface area contributed by atoms with E-state index in [1.165, 1.54) is 17.7 Å². The molecule has 1 aromatic carbocycles. The lowest BCUT2D eigenvalue weighted by Crippen LogP contribution is -2.59. The maximum atomic E-state index is 13.1. The number of nitrogen functional groups attached to an aromatic ring is 1. The molecule has 2 aromatic heterocycles. The van der Waals surface area contributed by atoms with Crippen LogP contribution in [0.15, 0.2) is 36.0 Å². The molecule has 2 amide bonds. The number of fused-ring (bicyclic) bond motifs is 1. The number of anilines is 1. The standard InChI is InChI=1S/C21H22ClN5O3S/c1-2-17-21(29)26(9-13-3-4-15-16(7-13)24-12-25-20(15)23)5-6-27(17)18(28)10-30-19-8-14(22)11-31-19/h3-4,7-8,11-12,17H,2,5-6,9-10H2,1H3,(H2,23,24,25)/t17-/m0/s1. The monoisotopic (exact) mass is 459 g/mol. The Bertz CT molecular complexity index is 1120. The Labute approximate surface area is 188 Å². The molecule has 1 atom stereocenters. The second-order valence-electron chi connectivity index (χ2n) is 7.25. The molecule has 3 aromatic rings. The quantitative estimate of drug-likeness (QED) is 0.608. The Morgan fingerprint density at radius 2 is 2.16 bits per heavy atom. The average Bonchev–Trinajstić information content (AvgIpc) is 3.18. The van der Waals surface area contributed by atoms with Crippen molar-refractivity contribution >= 4 is 51.5 Å². The van der Waals surface area contributed by atoms with Gasteiger partial charge in [-0.1, -0.05) is 24.6 Å². The number of hydrogen-bond donors (Lipinski definition) is 1. The third-order valence-electron chi connectivity index (χ3n) is 5.28. The van der Waals surface area contributed by atoms with Crippen LogP contribution in [-0.4, -0.2) is 57.3 Å². The van der Waals surface area contributed by atoms with Gasteiger partial charge in [0.25, 0.3) is 5.91 Å². The molecule has 4 rings (SSSR count). The summed E-state index contributed by atoms with van der Waals surface area (Å²) in [4.78, 5) is 37.5. The molecule has 0 bridgehead atoms. The van der Waals surface area contributed by atoms with Crippen molar-refractivity contribution in [1.29, 1.82) is 0 Å². The van der Waals surface area contributed by atoms with E-state index in [4.69, 9.17) is 22.1 Å². The highest BCUT2D eigenvalue weighted by Crippen LogP contribution is 2.27. The SMILES string of the molecule is CC[C@H]1C(=O)N(Cc2ccc3c(N)ncnc3c2)CCN1C(=O)COc1cc(Cl)cs1. The Morgan fingerprint density at radius 1 is 1.32 bits per heavy atom. The van der Waals surface area contributed by atoms with Gasteiger partial charge >= 0.3 is 0 Å². The second-order valence-corrected chi connectivity index (χ2v) is 8.56. The van der Waals surface area contributed by atoms with Crippen molar-refractivity contribution in [2.24, 2.45) is 0 Å². The van der Waals surface area contributed by atoms with Crippen LogP contribution in [0.25, 0.3) is 10.9 Å². The Morgan fingerprint density at radius 3 is 2.90 bits per heavy atom. The summed E-state index contributed by atoms with van der Waals surface area (Å²) in [6, 6.07) is 6.88. The van der Waals surface area contributed by atoms with E-state index in [1.807, 2.05) is 25.1 Å². The van der Waals surface area contributed by atoms with Crippen LogP contribution in [0.1, 0.15) is 18.9 Å². The van der Waals surface area contributed by atoms with Crippen molar-refractivity contribution in [3.63, 3.8) is 0 Å². The van der Waals surface area contributed by atoms with Gasteiger partial charge in [0.05, 0.1) is 10.5 Å². The number of halogens is 1. The van der Waals surface area contributed by atoms with Gasteiger partial charge < -0.3 is 20.3 Å². The van der Waals surface area contributed by atoms with Crippen molar-refractivity contribution in [3.05, 3.63) is 46.6 Å². The summed E-state index contributed by atoms with van der Waals surface area (Å²) in [5.74, 6) is 0.156. The van der Waals surface area contributed by atoms with Gasteiger partial charge in [-0.2, -0.15) is 0 Å². The molecule has 162 valence electrons. The first kappa shape index (κ1) is 21.3. The van der Waals surface area contributed by atoms with Crippen LogP contribution in [0.4, 0.5) is 5.82 Å². The topological polar surface area (TPSA) is 102 Å². The van der Waals surface area contributed by atoms with Crippen LogP contribution in [0.5, 0.6) is 5.06 Å². The molecule has 0 radical (unpaired) electrons. The summed E-state index contributed by atoms with van der Waals surface area (Å²) in [6.07, 6.45) is 1.96. The third kappa shape index (κ3) is 4.57. The number of nitrogens with zero attached hydrogens (tertiary/aromatic N) is 4. The molecule has 1 fully saturated rings. The van der Waals surface area contributed by atoms with E-state index in [-0.39, 0.29) is 18.4 Å². The fourth-order valence-electron chi connectivity index (χ4n) is 3.72. The van der Waals surface area contributed by atoms with Gasteiger partial charge in [-0.3, -0.25) is 9.59 Å². The molecule has 2 N–H and O–H groups in total. The van der Waals surface area contributed by atoms with E-state index in [9.17, 15) is 9.59 Å². The summed E-state index contributed by atoms with van der Waals surface area (Å²) in [5, 5.41) is 3.68. The van der Waals surface area contributed by atoms with Gasteiger partial charge in [0.1, 0.15) is 18.2 Å². The van der Waals surface area contributed by atoms with Crippen LogP contribution in [0.3, 0.4) is 0 Å². The highest BCUT2D eigenvalue weighted by molar-refractivity contribution is 7.12. The zero-order valence-electron chi connectivity index (χ0n) is 17.0. The summed E-state index contributed by atoms with van der Waals surface area (Å²) in [5.41, 5.74) is 7.58. The molecular formula is C21H22ClN5O3S. The van der Waals surface area contributed by atoms with Gasteiger partial charge in [-0.15, -0.1) is 11.3 Å². The van der Waals surface area contributed by atoms with Crippen molar-refractivity contribution < 1.29 is 14.3 Å². The first-order valence-electron chi connectivity index (χ1n) is 9.90. The lowest BCUT2D eigenvalue weighted by atomic mass is 10.1. The largest absolute Gasteiger partial charge is 0.474 e. The number of rotatable bonds is 6. The number of benzene rings is 1. The van der Waals surface area contributed by atoms with Crippen molar-refractivity contribution in [3.8, 4) is 5.06 Å². The van der Waals surface area contributed by atoms with E-state index < -0.39 is 6.04 Å². The minimum absolute atomic E-state index is 0.0661. The minimum atomic E-state index is -0.504. The predicted molar refractivity (Wildman–Crippen MR) is 120 cm³/mol. The Hall–Kier alpha value is -2.91. The lowest BCUT2D eigenvalue weighted by molar-refractivity contribution is -0.153. The zero-order chi connectivity index (χ0) is 22.0. The minimum Gasteiger partial charge on any atom is -0.474 e. The average molecular weight is 460 g/mol. The highest BCUT2D eigenvalue weighted by atomic mass is 35.5. The third-order valence-corrected chi connectivity index (χ3v) is 6.46. The van der Waals surface area contributed by atoms with E-state index in [1.54, 1.807) is 21.2 Å². The molecule has 0 unspecified atom stereocenters. The van der Waals surface area contributed by atoms with E-state index in [0.717, 1.165) is 16.5 Å². The molecular weight excluding hydrogens is 438 g/mol. The van der Waals surface area contributed by atoms with Gasteiger partial charge in [0.15, 0.2) is 11.7 Å². The fraction of sp³-hybridized carbons (Fsp3) is 0.333. The van der Waals surface area contributed by atoms with Crippen molar-refractivity contribution in [2.75, 3.05) is 25.4 Å². The van der Waals surface area contributed by atoms with Crippen LogP contribution >= 0.6 is 22.9 Å². The number of nitrogens with two attached hydrogens (primary N) is 1. The molecule has 1 aliphatic rings. The number of aromatic nitrogens is 2. The molecule has 0 spiro atoms. The van der Waals surface area contributed by atoms with E-state index >= 15 is 0 Å².